The van der Waals surface area contributed by atoms with Gasteiger partial charge >= 0.3 is 6.03 Å². The smallest absolute Gasteiger partial charge is 0.319 e. The van der Waals surface area contributed by atoms with Crippen LogP contribution in [0, 0.1) is 0 Å². The highest BCUT2D eigenvalue weighted by molar-refractivity contribution is 6.29. The number of anilines is 1. The molecular weight excluding hydrogens is 328 g/mol. The van der Waals surface area contributed by atoms with Crippen molar-refractivity contribution in [3.63, 3.8) is 0 Å². The Bertz CT molecular complexity index is 700. The summed E-state index contributed by atoms with van der Waals surface area (Å²) in [6.07, 6.45) is 1.43. The van der Waals surface area contributed by atoms with E-state index < -0.39 is 0 Å². The third-order valence-corrected chi connectivity index (χ3v) is 3.30. The quantitative estimate of drug-likeness (QED) is 0.727. The van der Waals surface area contributed by atoms with Gasteiger partial charge in [0, 0.05) is 24.5 Å². The van der Waals surface area contributed by atoms with Gasteiger partial charge in [0.2, 0.25) is 0 Å². The number of urea groups is 1. The molecule has 126 valence electrons. The van der Waals surface area contributed by atoms with Crippen molar-refractivity contribution in [3.8, 4) is 0 Å². The van der Waals surface area contributed by atoms with Gasteiger partial charge in [-0.15, -0.1) is 0 Å². The number of pyridine rings is 1. The molecule has 0 radical (unpaired) electrons. The van der Waals surface area contributed by atoms with Gasteiger partial charge in [-0.25, -0.2) is 9.78 Å². The van der Waals surface area contributed by atoms with Crippen LogP contribution in [-0.2, 0) is 6.54 Å². The lowest BCUT2D eigenvalue weighted by Crippen LogP contribution is -2.34. The molecule has 7 heteroatoms. The lowest BCUT2D eigenvalue weighted by Gasteiger charge is -2.11. The van der Waals surface area contributed by atoms with Crippen molar-refractivity contribution in [2.75, 3.05) is 5.32 Å². The summed E-state index contributed by atoms with van der Waals surface area (Å²) in [5, 5.41) is 8.63. The van der Waals surface area contributed by atoms with E-state index in [1.807, 2.05) is 26.0 Å². The molecule has 0 aliphatic carbocycles. The Kier molecular flexibility index (Phi) is 6.14. The van der Waals surface area contributed by atoms with E-state index in [1.165, 1.54) is 6.20 Å². The van der Waals surface area contributed by atoms with Gasteiger partial charge in [0.25, 0.3) is 5.91 Å². The van der Waals surface area contributed by atoms with Crippen molar-refractivity contribution in [2.45, 2.75) is 26.4 Å². The molecule has 1 heterocycles. The van der Waals surface area contributed by atoms with Crippen LogP contribution in [0.4, 0.5) is 10.5 Å². The highest BCUT2D eigenvalue weighted by Crippen LogP contribution is 2.10. The summed E-state index contributed by atoms with van der Waals surface area (Å²) in [6.45, 7) is 4.16. The second kappa shape index (κ2) is 8.31. The predicted molar refractivity (Wildman–Crippen MR) is 94.1 cm³/mol. The van der Waals surface area contributed by atoms with Gasteiger partial charge in [0.05, 0.1) is 5.56 Å². The Balaban J connectivity index is 1.86. The van der Waals surface area contributed by atoms with E-state index in [9.17, 15) is 9.59 Å². The number of nitrogens with zero attached hydrogens (tertiary/aromatic N) is 1. The Labute approximate surface area is 145 Å². The van der Waals surface area contributed by atoms with Gasteiger partial charge in [0.15, 0.2) is 0 Å². The van der Waals surface area contributed by atoms with Crippen molar-refractivity contribution in [2.24, 2.45) is 0 Å². The van der Waals surface area contributed by atoms with Crippen LogP contribution in [0.5, 0.6) is 0 Å². The predicted octanol–water partition coefficient (Wildman–Crippen LogP) is 3.19. The molecule has 3 amide bonds. The average molecular weight is 347 g/mol. The van der Waals surface area contributed by atoms with E-state index in [0.29, 0.717) is 22.9 Å². The normalized spacial score (nSPS) is 10.3. The van der Waals surface area contributed by atoms with Gasteiger partial charge in [-0.3, -0.25) is 4.79 Å². The fourth-order valence-electron chi connectivity index (χ4n) is 1.93. The number of hydrogen-bond acceptors (Lipinski definition) is 3. The third-order valence-electron chi connectivity index (χ3n) is 3.07. The SMILES string of the molecule is CC(C)NC(=O)Nc1ccc(CNC(=O)c2ccc(Cl)nc2)cc1. The van der Waals surface area contributed by atoms with Crippen LogP contribution in [0.1, 0.15) is 29.8 Å². The fourth-order valence-corrected chi connectivity index (χ4v) is 2.04. The number of amides is 3. The standard InChI is InChI=1S/C17H19ClN4O2/c1-11(2)21-17(24)22-14-6-3-12(4-7-14)9-20-16(23)13-5-8-15(18)19-10-13/h3-8,10-11H,9H2,1-2H3,(H,20,23)(H2,21,22,24). The van der Waals surface area contributed by atoms with Crippen LogP contribution < -0.4 is 16.0 Å². The van der Waals surface area contributed by atoms with Gasteiger partial charge in [-0.05, 0) is 43.7 Å². The van der Waals surface area contributed by atoms with Crippen LogP contribution in [0.15, 0.2) is 42.6 Å². The summed E-state index contributed by atoms with van der Waals surface area (Å²) in [5.74, 6) is -0.224. The van der Waals surface area contributed by atoms with Crippen LogP contribution in [0.3, 0.4) is 0 Å². The summed E-state index contributed by atoms with van der Waals surface area (Å²) in [4.78, 5) is 27.5. The first-order valence-electron chi connectivity index (χ1n) is 7.50. The second-order valence-corrected chi connectivity index (χ2v) is 5.89. The molecule has 0 atom stereocenters. The average Bonchev–Trinajstić information content (AvgIpc) is 2.54. The molecule has 1 aromatic carbocycles. The van der Waals surface area contributed by atoms with E-state index in [4.69, 9.17) is 11.6 Å². The molecule has 24 heavy (non-hydrogen) atoms. The number of hydrogen-bond donors (Lipinski definition) is 3. The highest BCUT2D eigenvalue weighted by atomic mass is 35.5. The van der Waals surface area contributed by atoms with E-state index in [0.717, 1.165) is 5.56 Å². The fraction of sp³-hybridized carbons (Fsp3) is 0.235. The number of carbonyl (C=O) groups is 2. The Morgan fingerprint density at radius 1 is 1.12 bits per heavy atom. The van der Waals surface area contributed by atoms with Gasteiger partial charge in [-0.2, -0.15) is 0 Å². The number of benzene rings is 1. The summed E-state index contributed by atoms with van der Waals surface area (Å²) in [5.41, 5.74) is 2.05. The van der Waals surface area contributed by atoms with Crippen molar-refractivity contribution in [1.82, 2.24) is 15.6 Å². The van der Waals surface area contributed by atoms with Crippen molar-refractivity contribution >= 4 is 29.2 Å². The molecular formula is C17H19ClN4O2. The zero-order chi connectivity index (χ0) is 17.5. The van der Waals surface area contributed by atoms with Crippen molar-refractivity contribution < 1.29 is 9.59 Å². The topological polar surface area (TPSA) is 83.1 Å². The molecule has 0 aliphatic rings. The van der Waals surface area contributed by atoms with Crippen LogP contribution in [0.25, 0.3) is 0 Å². The molecule has 0 fully saturated rings. The molecule has 0 saturated heterocycles. The van der Waals surface area contributed by atoms with E-state index in [2.05, 4.69) is 20.9 Å². The number of rotatable bonds is 5. The van der Waals surface area contributed by atoms with Crippen LogP contribution in [-0.4, -0.2) is 23.0 Å². The van der Waals surface area contributed by atoms with Crippen LogP contribution >= 0.6 is 11.6 Å². The summed E-state index contributed by atoms with van der Waals surface area (Å²) >= 11 is 5.69. The first kappa shape index (κ1) is 17.7. The first-order chi connectivity index (χ1) is 11.4. The molecule has 1 aromatic heterocycles. The first-order valence-corrected chi connectivity index (χ1v) is 7.88. The molecule has 0 bridgehead atoms. The van der Waals surface area contributed by atoms with Crippen molar-refractivity contribution in [1.29, 1.82) is 0 Å². The van der Waals surface area contributed by atoms with E-state index in [-0.39, 0.29) is 18.0 Å². The second-order valence-electron chi connectivity index (χ2n) is 5.50. The summed E-state index contributed by atoms with van der Waals surface area (Å²) in [6, 6.07) is 10.3. The van der Waals surface area contributed by atoms with Gasteiger partial charge in [0.1, 0.15) is 5.15 Å². The Hall–Kier alpha value is -2.60. The number of carbonyl (C=O) groups excluding carboxylic acids is 2. The third kappa shape index (κ3) is 5.55. The Morgan fingerprint density at radius 2 is 1.83 bits per heavy atom. The minimum atomic E-state index is -0.249. The van der Waals surface area contributed by atoms with Crippen molar-refractivity contribution in [3.05, 3.63) is 58.9 Å². The maximum atomic E-state index is 12.0. The number of nitrogens with one attached hydrogen (secondary N) is 3. The van der Waals surface area contributed by atoms with Gasteiger partial charge < -0.3 is 16.0 Å². The molecule has 0 unspecified atom stereocenters. The lowest BCUT2D eigenvalue weighted by atomic mass is 10.2. The number of aromatic nitrogens is 1. The minimum absolute atomic E-state index is 0.0712. The summed E-state index contributed by atoms with van der Waals surface area (Å²) in [7, 11) is 0. The monoisotopic (exact) mass is 346 g/mol. The van der Waals surface area contributed by atoms with Gasteiger partial charge in [-0.1, -0.05) is 23.7 Å². The molecule has 6 nitrogen and oxygen atoms in total. The molecule has 0 saturated carbocycles. The van der Waals surface area contributed by atoms with Crippen LogP contribution in [0.2, 0.25) is 5.15 Å². The summed E-state index contributed by atoms with van der Waals surface area (Å²) < 4.78 is 0. The minimum Gasteiger partial charge on any atom is -0.348 e. The maximum absolute atomic E-state index is 12.0. The number of halogens is 1. The molecule has 2 rings (SSSR count). The Morgan fingerprint density at radius 3 is 2.42 bits per heavy atom. The zero-order valence-electron chi connectivity index (χ0n) is 13.5. The highest BCUT2D eigenvalue weighted by Gasteiger charge is 2.06. The molecule has 0 aliphatic heterocycles. The largest absolute Gasteiger partial charge is 0.348 e. The van der Waals surface area contributed by atoms with E-state index >= 15 is 0 Å². The van der Waals surface area contributed by atoms with E-state index in [1.54, 1.807) is 24.3 Å². The molecule has 3 N–H and O–H groups in total. The maximum Gasteiger partial charge on any atom is 0.319 e. The molecule has 0 spiro atoms. The zero-order valence-corrected chi connectivity index (χ0v) is 14.2. The lowest BCUT2D eigenvalue weighted by molar-refractivity contribution is 0.0950. The molecule has 2 aromatic rings.